The van der Waals surface area contributed by atoms with Gasteiger partial charge in [0, 0.05) is 0 Å². The summed E-state index contributed by atoms with van der Waals surface area (Å²) in [6.45, 7) is 15.8. The summed E-state index contributed by atoms with van der Waals surface area (Å²) in [5.74, 6) is -1.48. The Balaban J connectivity index is 0.951. The van der Waals surface area contributed by atoms with Crippen molar-refractivity contribution in [3.63, 3.8) is 0 Å². The van der Waals surface area contributed by atoms with Crippen LogP contribution in [0.3, 0.4) is 0 Å². The van der Waals surface area contributed by atoms with Crippen LogP contribution in [0.4, 0.5) is 0 Å². The van der Waals surface area contributed by atoms with E-state index in [0.717, 1.165) is 39.2 Å². The first-order chi connectivity index (χ1) is 36.5. The summed E-state index contributed by atoms with van der Waals surface area (Å²) in [4.78, 5) is 28.1. The van der Waals surface area contributed by atoms with Gasteiger partial charge in [0.2, 0.25) is 6.29 Å². The molecule has 4 saturated heterocycles. The van der Waals surface area contributed by atoms with Crippen LogP contribution in [0.5, 0.6) is 0 Å². The van der Waals surface area contributed by atoms with Crippen LogP contribution >= 0.6 is 0 Å². The second kappa shape index (κ2) is 21.8. The number of fused-ring (bicyclic) bond motifs is 7. The van der Waals surface area contributed by atoms with Gasteiger partial charge in [-0.3, -0.25) is 4.79 Å². The molecule has 12 N–H and O–H groups in total. The SMILES string of the molecule is COC(=O)C1OC(OC2CCC3(C)C(CCC4(C)C3CC=C3C5CC(C)(C)CCC5(C(=O)OC5OC(CO)C(O)C(O)C5O)CCC34C)C2(C)C)C(O)C(OC2OC(CO)C(O)C(O)C2OC2OC(C)C(O)C(O)C2O)C1O. The summed E-state index contributed by atoms with van der Waals surface area (Å²) >= 11 is 0. The van der Waals surface area contributed by atoms with Gasteiger partial charge in [-0.15, -0.1) is 0 Å². The van der Waals surface area contributed by atoms with Gasteiger partial charge in [0.15, 0.2) is 25.0 Å². The lowest BCUT2D eigenvalue weighted by Gasteiger charge is -2.71. The molecule has 4 aliphatic heterocycles. The first-order valence-electron chi connectivity index (χ1n) is 28.1. The quantitative estimate of drug-likeness (QED) is 0.0683. The van der Waals surface area contributed by atoms with Crippen LogP contribution < -0.4 is 0 Å². The van der Waals surface area contributed by atoms with Gasteiger partial charge in [0.05, 0.1) is 37.9 Å². The molecule has 0 radical (unpaired) electrons. The average molecular weight is 1120 g/mol. The number of hydrogen-bond acceptors (Lipinski definition) is 23. The predicted molar refractivity (Wildman–Crippen MR) is 266 cm³/mol. The topological polar surface area (TPSA) is 360 Å². The van der Waals surface area contributed by atoms with Gasteiger partial charge in [-0.1, -0.05) is 60.1 Å². The summed E-state index contributed by atoms with van der Waals surface area (Å²) in [5.41, 5.74) is -1.17. The summed E-state index contributed by atoms with van der Waals surface area (Å²) in [5, 5.41) is 130. The highest BCUT2D eigenvalue weighted by Gasteiger charge is 2.70. The van der Waals surface area contributed by atoms with Crippen LogP contribution in [-0.4, -0.2) is 222 Å². The van der Waals surface area contributed by atoms with Crippen molar-refractivity contribution in [1.82, 2.24) is 0 Å². The molecule has 28 atom stereocenters. The standard InChI is InChI=1S/C55H88O23/c1-23-31(58)34(61)37(64)45(71-23)77-43-36(63)33(60)27(22-57)73-48(43)75-41-39(66)42(44(68)70-9)76-47(40(41)67)74-30-13-14-52(6)28(51(30,4)5)12-15-54(8)29(52)11-10-24-25-20-50(2,3)16-18-55(25,19-17-53(24,54)7)49(69)78-46-38(65)35(62)32(59)26(21-56)72-46/h10,23,25-43,45-48,56-67H,11-22H2,1-9H3. The van der Waals surface area contributed by atoms with E-state index in [1.54, 1.807) is 0 Å². The molecule has 23 heteroatoms. The third-order valence-corrected chi connectivity index (χ3v) is 21.5. The van der Waals surface area contributed by atoms with Crippen molar-refractivity contribution in [3.8, 4) is 0 Å². The maximum Gasteiger partial charge on any atom is 0.337 e. The minimum Gasteiger partial charge on any atom is -0.467 e. The highest BCUT2D eigenvalue weighted by molar-refractivity contribution is 5.79. The zero-order chi connectivity index (χ0) is 57.1. The van der Waals surface area contributed by atoms with E-state index in [2.05, 4.69) is 54.5 Å². The normalized spacial score (nSPS) is 52.8. The Morgan fingerprint density at radius 1 is 0.590 bits per heavy atom. The summed E-state index contributed by atoms with van der Waals surface area (Å²) < 4.78 is 53.0. The Labute approximate surface area is 455 Å². The van der Waals surface area contributed by atoms with E-state index in [1.807, 2.05) is 0 Å². The van der Waals surface area contributed by atoms with Crippen molar-refractivity contribution in [3.05, 3.63) is 11.6 Å². The highest BCUT2D eigenvalue weighted by Crippen LogP contribution is 2.76. The molecular weight excluding hydrogens is 1030 g/mol. The molecule has 0 aromatic rings. The van der Waals surface area contributed by atoms with Crippen molar-refractivity contribution >= 4 is 11.9 Å². The zero-order valence-electron chi connectivity index (χ0n) is 46.3. The summed E-state index contributed by atoms with van der Waals surface area (Å²) in [6, 6.07) is 0. The van der Waals surface area contributed by atoms with Crippen LogP contribution in [0.25, 0.3) is 0 Å². The van der Waals surface area contributed by atoms with Crippen LogP contribution in [0.2, 0.25) is 0 Å². The summed E-state index contributed by atoms with van der Waals surface area (Å²) in [6.07, 6.45) is -24.9. The molecule has 9 rings (SSSR count). The van der Waals surface area contributed by atoms with E-state index in [9.17, 15) is 70.9 Å². The van der Waals surface area contributed by atoms with Crippen LogP contribution in [0, 0.1) is 50.2 Å². The third-order valence-electron chi connectivity index (χ3n) is 21.5. The number of rotatable bonds is 11. The Kier molecular flexibility index (Phi) is 16.9. The van der Waals surface area contributed by atoms with Crippen molar-refractivity contribution in [2.45, 2.75) is 249 Å². The first kappa shape index (κ1) is 60.5. The Morgan fingerprint density at radius 2 is 1.18 bits per heavy atom. The van der Waals surface area contributed by atoms with Crippen molar-refractivity contribution < 1.29 is 113 Å². The maximum absolute atomic E-state index is 14.8. The lowest BCUT2D eigenvalue weighted by molar-refractivity contribution is -0.389. The number of methoxy groups -OCH3 is 1. The molecule has 0 amide bonds. The number of carbonyl (C=O) groups is 2. The van der Waals surface area contributed by atoms with E-state index in [1.165, 1.54) is 12.5 Å². The largest absolute Gasteiger partial charge is 0.467 e. The molecule has 4 heterocycles. The van der Waals surface area contributed by atoms with Crippen LogP contribution in [0.15, 0.2) is 11.6 Å². The number of allylic oxidation sites excluding steroid dienone is 2. The molecule has 446 valence electrons. The predicted octanol–water partition coefficient (Wildman–Crippen LogP) is -0.827. The van der Waals surface area contributed by atoms with Gasteiger partial charge in [-0.05, 0) is 116 Å². The molecule has 8 fully saturated rings. The number of aliphatic hydroxyl groups excluding tert-OH is 12. The molecule has 9 aliphatic rings. The highest BCUT2D eigenvalue weighted by atomic mass is 16.8. The molecule has 23 nitrogen and oxygen atoms in total. The molecule has 0 bridgehead atoms. The van der Waals surface area contributed by atoms with E-state index >= 15 is 0 Å². The average Bonchev–Trinajstić information content (AvgIpc) is 3.48. The van der Waals surface area contributed by atoms with E-state index < -0.39 is 165 Å². The molecular formula is C55H88O23. The second-order valence-corrected chi connectivity index (χ2v) is 26.5. The van der Waals surface area contributed by atoms with Gasteiger partial charge < -0.3 is 104 Å². The minimum atomic E-state index is -1.95. The second-order valence-electron chi connectivity index (χ2n) is 26.5. The Bertz CT molecular complexity index is 2200. The smallest absolute Gasteiger partial charge is 0.337 e. The fourth-order valence-electron chi connectivity index (χ4n) is 16.5. The minimum absolute atomic E-state index is 0.0662. The molecule has 0 spiro atoms. The molecule has 5 aliphatic carbocycles. The number of esters is 2. The van der Waals surface area contributed by atoms with Crippen molar-refractivity contribution in [2.75, 3.05) is 20.3 Å². The molecule has 0 aromatic heterocycles. The van der Waals surface area contributed by atoms with Crippen LogP contribution in [-0.2, 0) is 52.2 Å². The van der Waals surface area contributed by atoms with Crippen LogP contribution in [0.1, 0.15) is 120 Å². The molecule has 28 unspecified atom stereocenters. The molecule has 4 saturated carbocycles. The zero-order valence-corrected chi connectivity index (χ0v) is 46.3. The van der Waals surface area contributed by atoms with Crippen molar-refractivity contribution in [1.29, 1.82) is 0 Å². The van der Waals surface area contributed by atoms with E-state index in [0.29, 0.717) is 32.1 Å². The van der Waals surface area contributed by atoms with Crippen molar-refractivity contribution in [2.24, 2.45) is 50.2 Å². The fraction of sp³-hybridized carbons (Fsp3) is 0.927. The number of ether oxygens (including phenoxy) is 9. The Hall–Kier alpha value is -2.08. The fourth-order valence-corrected chi connectivity index (χ4v) is 16.5. The third kappa shape index (κ3) is 9.74. The van der Waals surface area contributed by atoms with E-state index in [-0.39, 0.29) is 39.4 Å². The monoisotopic (exact) mass is 1120 g/mol. The lowest BCUT2D eigenvalue weighted by atomic mass is 9.33. The number of carbonyl (C=O) groups excluding carboxylic acids is 2. The van der Waals surface area contributed by atoms with E-state index in [4.69, 9.17) is 42.6 Å². The summed E-state index contributed by atoms with van der Waals surface area (Å²) in [7, 11) is 1.09. The van der Waals surface area contributed by atoms with Gasteiger partial charge in [-0.25, -0.2) is 4.79 Å². The first-order valence-corrected chi connectivity index (χ1v) is 28.1. The molecule has 78 heavy (non-hydrogen) atoms. The number of hydrogen-bond donors (Lipinski definition) is 12. The van der Waals surface area contributed by atoms with Gasteiger partial charge in [0.1, 0.15) is 85.5 Å². The van der Waals surface area contributed by atoms with Gasteiger partial charge in [-0.2, -0.15) is 0 Å². The maximum atomic E-state index is 14.8. The lowest BCUT2D eigenvalue weighted by Crippen LogP contribution is -2.68. The number of aliphatic hydroxyl groups is 12. The van der Waals surface area contributed by atoms with Gasteiger partial charge >= 0.3 is 11.9 Å². The molecule has 0 aromatic carbocycles. The van der Waals surface area contributed by atoms with Gasteiger partial charge in [0.25, 0.3) is 0 Å². The Morgan fingerprint density at radius 3 is 1.83 bits per heavy atom.